The maximum absolute atomic E-state index is 5.72. The van der Waals surface area contributed by atoms with Gasteiger partial charge in [-0.05, 0) is 50.7 Å². The number of hydrogen-bond donors (Lipinski definition) is 0. The van der Waals surface area contributed by atoms with Crippen molar-refractivity contribution in [2.45, 2.75) is 12.8 Å². The lowest BCUT2D eigenvalue weighted by atomic mass is 10.2. The molecule has 19 heavy (non-hydrogen) atoms. The lowest BCUT2D eigenvalue weighted by molar-refractivity contribution is 0.150. The molecule has 0 unspecified atom stereocenters. The number of hydrogen-bond acceptors (Lipinski definition) is 3. The second kappa shape index (κ2) is 7.88. The maximum atomic E-state index is 5.72. The molecule has 0 aromatic heterocycles. The minimum atomic E-state index is 0.815. The summed E-state index contributed by atoms with van der Waals surface area (Å²) < 4.78 is 6.81. The van der Waals surface area contributed by atoms with Crippen LogP contribution in [0.3, 0.4) is 0 Å². The van der Waals surface area contributed by atoms with E-state index in [0.717, 1.165) is 23.2 Å². The highest BCUT2D eigenvalue weighted by atomic mass is 79.9. The largest absolute Gasteiger partial charge is 0.494 e. The Kier molecular flexibility index (Phi) is 6.14. The number of ether oxygens (including phenoxy) is 1. The van der Waals surface area contributed by atoms with E-state index in [4.69, 9.17) is 4.74 Å². The Morgan fingerprint density at radius 1 is 1.05 bits per heavy atom. The van der Waals surface area contributed by atoms with Gasteiger partial charge in [0.15, 0.2) is 0 Å². The third-order valence-corrected chi connectivity index (χ3v) is 4.08. The fraction of sp³-hybridized carbons (Fsp3) is 0.600. The smallest absolute Gasteiger partial charge is 0.119 e. The monoisotopic (exact) mass is 326 g/mol. The molecule has 3 nitrogen and oxygen atoms in total. The van der Waals surface area contributed by atoms with Gasteiger partial charge in [-0.1, -0.05) is 15.9 Å². The number of halogens is 1. The highest BCUT2D eigenvalue weighted by Crippen LogP contribution is 2.16. The number of rotatable bonds is 6. The maximum Gasteiger partial charge on any atom is 0.119 e. The first-order valence-corrected chi connectivity index (χ1v) is 7.82. The van der Waals surface area contributed by atoms with Crippen LogP contribution in [0.5, 0.6) is 5.75 Å². The number of likely N-dealkylation sites (N-methyl/N-ethyl adjacent to an activating group) is 1. The molecule has 1 aromatic carbocycles. The van der Waals surface area contributed by atoms with E-state index in [2.05, 4.69) is 32.8 Å². The molecule has 0 atom stereocenters. The van der Waals surface area contributed by atoms with Crippen molar-refractivity contribution in [1.29, 1.82) is 0 Å². The molecule has 1 saturated heterocycles. The molecule has 0 bridgehead atoms. The lowest BCUT2D eigenvalue weighted by Gasteiger charge is -2.32. The molecule has 0 saturated carbocycles. The Hall–Kier alpha value is -0.580. The molecular formula is C15H23BrN2O. The van der Waals surface area contributed by atoms with Crippen LogP contribution in [0.15, 0.2) is 28.7 Å². The van der Waals surface area contributed by atoms with Crippen LogP contribution in [0.25, 0.3) is 0 Å². The first-order chi connectivity index (χ1) is 9.24. The zero-order valence-corrected chi connectivity index (χ0v) is 13.2. The Morgan fingerprint density at radius 2 is 1.74 bits per heavy atom. The van der Waals surface area contributed by atoms with Crippen molar-refractivity contribution < 1.29 is 4.74 Å². The molecule has 0 spiro atoms. The van der Waals surface area contributed by atoms with Gasteiger partial charge < -0.3 is 14.5 Å². The summed E-state index contributed by atoms with van der Waals surface area (Å²) in [6, 6.07) is 8.04. The third-order valence-electron chi connectivity index (χ3n) is 3.55. The van der Waals surface area contributed by atoms with Crippen molar-refractivity contribution in [3.63, 3.8) is 0 Å². The topological polar surface area (TPSA) is 15.7 Å². The van der Waals surface area contributed by atoms with E-state index in [-0.39, 0.29) is 0 Å². The van der Waals surface area contributed by atoms with Crippen molar-refractivity contribution in [1.82, 2.24) is 9.80 Å². The molecule has 0 N–H and O–H groups in total. The summed E-state index contributed by atoms with van der Waals surface area (Å²) in [6.07, 6.45) is 2.35. The van der Waals surface area contributed by atoms with Gasteiger partial charge in [-0.15, -0.1) is 0 Å². The fourth-order valence-corrected chi connectivity index (χ4v) is 2.49. The van der Waals surface area contributed by atoms with E-state index in [0.29, 0.717) is 0 Å². The molecule has 0 amide bonds. The summed E-state index contributed by atoms with van der Waals surface area (Å²) in [5, 5.41) is 0. The van der Waals surface area contributed by atoms with Gasteiger partial charge in [0.2, 0.25) is 0 Å². The molecule has 0 radical (unpaired) electrons. The zero-order valence-electron chi connectivity index (χ0n) is 11.6. The summed E-state index contributed by atoms with van der Waals surface area (Å²) in [5.41, 5.74) is 0. The first-order valence-electron chi connectivity index (χ1n) is 7.03. The van der Waals surface area contributed by atoms with Crippen LogP contribution in [0.2, 0.25) is 0 Å². The molecule has 0 aliphatic carbocycles. The van der Waals surface area contributed by atoms with Gasteiger partial charge in [-0.3, -0.25) is 0 Å². The van der Waals surface area contributed by atoms with Crippen LogP contribution in [-0.2, 0) is 0 Å². The van der Waals surface area contributed by atoms with Crippen LogP contribution in [-0.4, -0.2) is 56.2 Å². The minimum absolute atomic E-state index is 0.815. The Labute approximate surface area is 124 Å². The molecule has 1 heterocycles. The van der Waals surface area contributed by atoms with Gasteiger partial charge in [0.25, 0.3) is 0 Å². The normalized spacial score (nSPS) is 17.6. The Bertz CT molecular complexity index is 361. The minimum Gasteiger partial charge on any atom is -0.494 e. The van der Waals surface area contributed by atoms with Gasteiger partial charge in [-0.25, -0.2) is 0 Å². The standard InChI is InChI=1S/C15H23BrN2O/c1-17-9-11-18(12-10-17)8-2-3-13-19-15-6-4-14(16)5-7-15/h4-7H,2-3,8-13H2,1H3. The number of nitrogens with zero attached hydrogens (tertiary/aromatic N) is 2. The predicted molar refractivity (Wildman–Crippen MR) is 82.8 cm³/mol. The van der Waals surface area contributed by atoms with Crippen molar-refractivity contribution in [2.75, 3.05) is 46.4 Å². The molecule has 2 rings (SSSR count). The van der Waals surface area contributed by atoms with Gasteiger partial charge in [0.1, 0.15) is 5.75 Å². The third kappa shape index (κ3) is 5.51. The summed E-state index contributed by atoms with van der Waals surface area (Å²) in [5.74, 6) is 0.961. The predicted octanol–water partition coefficient (Wildman–Crippen LogP) is 2.86. The van der Waals surface area contributed by atoms with E-state index in [9.17, 15) is 0 Å². The second-order valence-electron chi connectivity index (χ2n) is 5.15. The van der Waals surface area contributed by atoms with Crippen LogP contribution in [0, 0.1) is 0 Å². The first kappa shape index (κ1) is 14.8. The van der Waals surface area contributed by atoms with Crippen LogP contribution >= 0.6 is 15.9 Å². The quantitative estimate of drug-likeness (QED) is 0.747. The van der Waals surface area contributed by atoms with Gasteiger partial charge >= 0.3 is 0 Å². The van der Waals surface area contributed by atoms with Crippen LogP contribution in [0.4, 0.5) is 0 Å². The molecule has 1 aliphatic heterocycles. The summed E-state index contributed by atoms with van der Waals surface area (Å²) in [4.78, 5) is 4.95. The number of benzene rings is 1. The molecule has 1 aromatic rings. The number of piperazine rings is 1. The van der Waals surface area contributed by atoms with Crippen LogP contribution < -0.4 is 4.74 Å². The molecular weight excluding hydrogens is 304 g/mol. The molecule has 1 fully saturated rings. The molecule has 106 valence electrons. The Morgan fingerprint density at radius 3 is 2.42 bits per heavy atom. The van der Waals surface area contributed by atoms with E-state index in [1.165, 1.54) is 39.1 Å². The van der Waals surface area contributed by atoms with Gasteiger partial charge in [0.05, 0.1) is 6.61 Å². The van der Waals surface area contributed by atoms with E-state index >= 15 is 0 Å². The molecule has 4 heteroatoms. The van der Waals surface area contributed by atoms with Crippen molar-refractivity contribution in [2.24, 2.45) is 0 Å². The summed E-state index contributed by atoms with van der Waals surface area (Å²) in [7, 11) is 2.20. The lowest BCUT2D eigenvalue weighted by Crippen LogP contribution is -2.44. The zero-order chi connectivity index (χ0) is 13.5. The van der Waals surface area contributed by atoms with Crippen LogP contribution in [0.1, 0.15) is 12.8 Å². The van der Waals surface area contributed by atoms with E-state index in [1.807, 2.05) is 24.3 Å². The van der Waals surface area contributed by atoms with E-state index < -0.39 is 0 Å². The highest BCUT2D eigenvalue weighted by molar-refractivity contribution is 9.10. The van der Waals surface area contributed by atoms with Crippen molar-refractivity contribution >= 4 is 15.9 Å². The fourth-order valence-electron chi connectivity index (χ4n) is 2.23. The molecule has 1 aliphatic rings. The highest BCUT2D eigenvalue weighted by Gasteiger charge is 2.12. The SMILES string of the molecule is CN1CCN(CCCCOc2ccc(Br)cc2)CC1. The van der Waals surface area contributed by atoms with Gasteiger partial charge in [0, 0.05) is 30.7 Å². The van der Waals surface area contributed by atoms with E-state index in [1.54, 1.807) is 0 Å². The van der Waals surface area contributed by atoms with Crippen molar-refractivity contribution in [3.05, 3.63) is 28.7 Å². The Balaban J connectivity index is 1.53. The average molecular weight is 327 g/mol. The number of unbranched alkanes of at least 4 members (excludes halogenated alkanes) is 1. The van der Waals surface area contributed by atoms with Gasteiger partial charge in [-0.2, -0.15) is 0 Å². The summed E-state index contributed by atoms with van der Waals surface area (Å²) >= 11 is 3.42. The average Bonchev–Trinajstić information content (AvgIpc) is 2.43. The second-order valence-corrected chi connectivity index (χ2v) is 6.07. The summed E-state index contributed by atoms with van der Waals surface area (Å²) in [6.45, 7) is 6.85. The van der Waals surface area contributed by atoms with Crippen molar-refractivity contribution in [3.8, 4) is 5.75 Å².